The van der Waals surface area contributed by atoms with Crippen LogP contribution < -0.4 is 5.32 Å². The van der Waals surface area contributed by atoms with Gasteiger partial charge in [0.2, 0.25) is 11.8 Å². The van der Waals surface area contributed by atoms with Crippen molar-refractivity contribution in [3.05, 3.63) is 44.3 Å². The number of carbonyl (C=O) groups is 3. The standard InChI is InChI=1S/C21H21N3O6S3/c1-4-28-19(26)16-12(3)17(20(27)29-5-2)33-18(16)22-14(25)11-32-21-24-23-15(30-21)9-8-13-7-6-10-31-13/h6-10H,4-5,11H2,1-3H3,(H,22,25). The molecule has 0 spiro atoms. The second kappa shape index (κ2) is 11.8. The summed E-state index contributed by atoms with van der Waals surface area (Å²) in [5, 5.41) is 12.9. The molecule has 0 bridgehead atoms. The number of hydrogen-bond acceptors (Lipinski definition) is 11. The van der Waals surface area contributed by atoms with Gasteiger partial charge in [0.15, 0.2) is 0 Å². The van der Waals surface area contributed by atoms with Gasteiger partial charge in [-0.05, 0) is 43.9 Å². The predicted molar refractivity (Wildman–Crippen MR) is 128 cm³/mol. The molecule has 0 saturated heterocycles. The van der Waals surface area contributed by atoms with E-state index in [0.29, 0.717) is 11.5 Å². The van der Waals surface area contributed by atoms with Crippen molar-refractivity contribution >= 4 is 69.4 Å². The molecule has 3 heterocycles. The SMILES string of the molecule is CCOC(=O)c1sc(NC(=O)CSc2nnc(C=Cc3cccs3)o2)c(C(=O)OCC)c1C. The lowest BCUT2D eigenvalue weighted by atomic mass is 10.1. The number of nitrogens with zero attached hydrogens (tertiary/aromatic N) is 2. The van der Waals surface area contributed by atoms with Gasteiger partial charge in [0.05, 0.1) is 24.5 Å². The molecule has 0 aromatic carbocycles. The fraction of sp³-hybridized carbons (Fsp3) is 0.286. The Morgan fingerprint density at radius 2 is 1.91 bits per heavy atom. The number of nitrogens with one attached hydrogen (secondary N) is 1. The van der Waals surface area contributed by atoms with Crippen LogP contribution in [0.1, 0.15) is 50.2 Å². The Bertz CT molecular complexity index is 1150. The van der Waals surface area contributed by atoms with Crippen LogP contribution in [-0.4, -0.2) is 47.0 Å². The summed E-state index contributed by atoms with van der Waals surface area (Å²) in [7, 11) is 0. The zero-order valence-electron chi connectivity index (χ0n) is 18.1. The third-order valence-corrected chi connectivity index (χ3v) is 6.87. The zero-order valence-corrected chi connectivity index (χ0v) is 20.5. The fourth-order valence-corrected chi connectivity index (χ4v) is 4.91. The van der Waals surface area contributed by atoms with E-state index in [1.807, 2.05) is 23.6 Å². The van der Waals surface area contributed by atoms with E-state index in [4.69, 9.17) is 13.9 Å². The number of ether oxygens (including phenoxy) is 2. The number of hydrogen-bond donors (Lipinski definition) is 1. The van der Waals surface area contributed by atoms with Gasteiger partial charge < -0.3 is 19.2 Å². The highest BCUT2D eigenvalue weighted by atomic mass is 32.2. The van der Waals surface area contributed by atoms with Crippen molar-refractivity contribution in [1.82, 2.24) is 10.2 Å². The summed E-state index contributed by atoms with van der Waals surface area (Å²) in [6.07, 6.45) is 3.55. The molecular weight excluding hydrogens is 486 g/mol. The number of carbonyl (C=O) groups excluding carboxylic acids is 3. The minimum Gasteiger partial charge on any atom is -0.462 e. The Morgan fingerprint density at radius 1 is 1.15 bits per heavy atom. The second-order valence-electron chi connectivity index (χ2n) is 6.29. The third-order valence-electron chi connectivity index (χ3n) is 4.02. The van der Waals surface area contributed by atoms with E-state index >= 15 is 0 Å². The van der Waals surface area contributed by atoms with E-state index in [-0.39, 0.29) is 39.6 Å². The lowest BCUT2D eigenvalue weighted by Gasteiger charge is -2.06. The third kappa shape index (κ3) is 6.53. The summed E-state index contributed by atoms with van der Waals surface area (Å²) in [6, 6.07) is 3.90. The molecule has 0 aliphatic carbocycles. The van der Waals surface area contributed by atoms with Gasteiger partial charge in [0.25, 0.3) is 5.22 Å². The first-order chi connectivity index (χ1) is 15.9. The molecule has 12 heteroatoms. The Kier molecular flexibility index (Phi) is 8.80. The second-order valence-corrected chi connectivity index (χ2v) is 9.22. The Morgan fingerprint density at radius 3 is 2.61 bits per heavy atom. The van der Waals surface area contributed by atoms with Crippen LogP contribution >= 0.6 is 34.4 Å². The van der Waals surface area contributed by atoms with Crippen LogP contribution in [0.25, 0.3) is 12.2 Å². The molecule has 0 radical (unpaired) electrons. The monoisotopic (exact) mass is 507 g/mol. The number of thioether (sulfide) groups is 1. The molecule has 0 aliphatic heterocycles. The number of aromatic nitrogens is 2. The molecule has 0 fully saturated rings. The van der Waals surface area contributed by atoms with E-state index in [0.717, 1.165) is 28.0 Å². The topological polar surface area (TPSA) is 121 Å². The van der Waals surface area contributed by atoms with Gasteiger partial charge in [-0.15, -0.1) is 32.9 Å². The van der Waals surface area contributed by atoms with Crippen molar-refractivity contribution < 1.29 is 28.3 Å². The minimum absolute atomic E-state index is 0.0375. The molecule has 0 unspecified atom stereocenters. The van der Waals surface area contributed by atoms with E-state index in [1.54, 1.807) is 38.2 Å². The quantitative estimate of drug-likeness (QED) is 0.306. The molecule has 1 N–H and O–H groups in total. The number of esters is 2. The molecule has 0 atom stereocenters. The maximum absolute atomic E-state index is 12.5. The van der Waals surface area contributed by atoms with Crippen molar-refractivity contribution in [3.63, 3.8) is 0 Å². The van der Waals surface area contributed by atoms with Gasteiger partial charge in [-0.2, -0.15) is 0 Å². The van der Waals surface area contributed by atoms with Crippen molar-refractivity contribution in [1.29, 1.82) is 0 Å². The maximum atomic E-state index is 12.5. The molecule has 1 amide bonds. The lowest BCUT2D eigenvalue weighted by Crippen LogP contribution is -2.16. The molecule has 3 aromatic heterocycles. The van der Waals surface area contributed by atoms with E-state index in [1.165, 1.54) is 0 Å². The first-order valence-corrected chi connectivity index (χ1v) is 12.6. The van der Waals surface area contributed by atoms with Crippen LogP contribution in [0, 0.1) is 6.92 Å². The number of rotatable bonds is 10. The van der Waals surface area contributed by atoms with Crippen LogP contribution in [0.2, 0.25) is 0 Å². The van der Waals surface area contributed by atoms with Gasteiger partial charge in [-0.3, -0.25) is 4.79 Å². The van der Waals surface area contributed by atoms with Gasteiger partial charge in [-0.1, -0.05) is 17.8 Å². The predicted octanol–water partition coefficient (Wildman–Crippen LogP) is 4.76. The van der Waals surface area contributed by atoms with E-state index < -0.39 is 17.8 Å². The van der Waals surface area contributed by atoms with Crippen molar-refractivity contribution in [3.8, 4) is 0 Å². The van der Waals surface area contributed by atoms with Crippen LogP contribution in [0.4, 0.5) is 5.00 Å². The number of thiophene rings is 2. The number of amides is 1. The van der Waals surface area contributed by atoms with Crippen LogP contribution in [0.15, 0.2) is 27.2 Å². The smallest absolute Gasteiger partial charge is 0.348 e. The average molecular weight is 508 g/mol. The highest BCUT2D eigenvalue weighted by Crippen LogP contribution is 2.34. The molecule has 3 rings (SSSR count). The fourth-order valence-electron chi connectivity index (χ4n) is 2.62. The van der Waals surface area contributed by atoms with Crippen molar-refractivity contribution in [2.24, 2.45) is 0 Å². The highest BCUT2D eigenvalue weighted by molar-refractivity contribution is 7.99. The Balaban J connectivity index is 1.66. The van der Waals surface area contributed by atoms with Crippen molar-refractivity contribution in [2.75, 3.05) is 24.3 Å². The maximum Gasteiger partial charge on any atom is 0.348 e. The molecule has 174 valence electrons. The first kappa shape index (κ1) is 24.7. The summed E-state index contributed by atoms with van der Waals surface area (Å²) >= 11 is 3.61. The summed E-state index contributed by atoms with van der Waals surface area (Å²) in [5.74, 6) is -1.30. The molecule has 9 nitrogen and oxygen atoms in total. The van der Waals surface area contributed by atoms with Crippen LogP contribution in [0.5, 0.6) is 0 Å². The van der Waals surface area contributed by atoms with Gasteiger partial charge in [0.1, 0.15) is 9.88 Å². The molecule has 3 aromatic rings. The molecule has 0 aliphatic rings. The van der Waals surface area contributed by atoms with Crippen LogP contribution in [0.3, 0.4) is 0 Å². The number of anilines is 1. The Hall–Kier alpha value is -2.96. The zero-order chi connectivity index (χ0) is 23.8. The van der Waals surface area contributed by atoms with Gasteiger partial charge >= 0.3 is 11.9 Å². The van der Waals surface area contributed by atoms with Gasteiger partial charge in [0, 0.05) is 11.0 Å². The lowest BCUT2D eigenvalue weighted by molar-refractivity contribution is -0.113. The first-order valence-electron chi connectivity index (χ1n) is 9.88. The summed E-state index contributed by atoms with van der Waals surface area (Å²) in [5.41, 5.74) is 0.543. The largest absolute Gasteiger partial charge is 0.462 e. The van der Waals surface area contributed by atoms with Crippen LogP contribution in [-0.2, 0) is 14.3 Å². The summed E-state index contributed by atoms with van der Waals surface area (Å²) < 4.78 is 15.6. The molecular formula is C21H21N3O6S3. The van der Waals surface area contributed by atoms with E-state index in [9.17, 15) is 14.4 Å². The minimum atomic E-state index is -0.621. The van der Waals surface area contributed by atoms with Crippen molar-refractivity contribution in [2.45, 2.75) is 26.0 Å². The summed E-state index contributed by atoms with van der Waals surface area (Å²) in [6.45, 7) is 5.33. The van der Waals surface area contributed by atoms with E-state index in [2.05, 4.69) is 15.5 Å². The summed E-state index contributed by atoms with van der Waals surface area (Å²) in [4.78, 5) is 38.5. The normalized spacial score (nSPS) is 11.0. The average Bonchev–Trinajstić information content (AvgIpc) is 3.52. The molecule has 33 heavy (non-hydrogen) atoms. The van der Waals surface area contributed by atoms with Gasteiger partial charge in [-0.25, -0.2) is 9.59 Å². The Labute approximate surface area is 202 Å². The molecule has 0 saturated carbocycles. The highest BCUT2D eigenvalue weighted by Gasteiger charge is 2.27.